The van der Waals surface area contributed by atoms with Crippen LogP contribution in [0.2, 0.25) is 0 Å². The first-order valence-electron chi connectivity index (χ1n) is 7.20. The Morgan fingerprint density at radius 2 is 1.96 bits per heavy atom. The molecule has 23 heavy (non-hydrogen) atoms. The summed E-state index contributed by atoms with van der Waals surface area (Å²) in [5.74, 6) is -1.06. The lowest BCUT2D eigenvalue weighted by atomic mass is 9.94. The number of benzene rings is 1. The van der Waals surface area contributed by atoms with E-state index < -0.39 is 11.9 Å². The van der Waals surface area contributed by atoms with Crippen LogP contribution < -0.4 is 4.90 Å². The summed E-state index contributed by atoms with van der Waals surface area (Å²) in [6, 6.07) is 5.73. The summed E-state index contributed by atoms with van der Waals surface area (Å²) in [5.41, 5.74) is 3.35. The average molecular weight is 331 g/mol. The summed E-state index contributed by atoms with van der Waals surface area (Å²) in [7, 11) is 4.54. The molecular weight excluding hydrogens is 314 g/mol. The number of carbonyl (C=O) groups is 2. The molecule has 3 rings (SSSR count). The van der Waals surface area contributed by atoms with E-state index in [-0.39, 0.29) is 11.1 Å². The highest BCUT2D eigenvalue weighted by Crippen LogP contribution is 2.42. The Bertz CT molecular complexity index is 767. The maximum absolute atomic E-state index is 12.3. The lowest BCUT2D eigenvalue weighted by Gasteiger charge is -2.19. The van der Waals surface area contributed by atoms with E-state index in [2.05, 4.69) is 0 Å². The fourth-order valence-electron chi connectivity index (χ4n) is 3.01. The van der Waals surface area contributed by atoms with Gasteiger partial charge in [-0.05, 0) is 35.1 Å². The van der Waals surface area contributed by atoms with Gasteiger partial charge in [-0.15, -0.1) is 11.3 Å². The molecule has 1 aliphatic heterocycles. The van der Waals surface area contributed by atoms with Crippen LogP contribution in [0.1, 0.15) is 26.3 Å². The summed E-state index contributed by atoms with van der Waals surface area (Å²) >= 11 is 1.60. The Balaban J connectivity index is 2.35. The average Bonchev–Trinajstić information content (AvgIpc) is 3.22. The Morgan fingerprint density at radius 3 is 2.57 bits per heavy atom. The molecule has 5 nitrogen and oxygen atoms in total. The van der Waals surface area contributed by atoms with Crippen molar-refractivity contribution in [2.24, 2.45) is 0 Å². The Morgan fingerprint density at radius 1 is 1.22 bits per heavy atom. The second-order valence-corrected chi connectivity index (χ2v) is 6.25. The van der Waals surface area contributed by atoms with Gasteiger partial charge in [0.2, 0.25) is 0 Å². The van der Waals surface area contributed by atoms with Crippen molar-refractivity contribution in [3.8, 4) is 10.4 Å². The van der Waals surface area contributed by atoms with Gasteiger partial charge in [-0.1, -0.05) is 6.07 Å². The van der Waals surface area contributed by atoms with Crippen LogP contribution in [-0.4, -0.2) is 39.8 Å². The third kappa shape index (κ3) is 2.49. The number of thiophene rings is 1. The van der Waals surface area contributed by atoms with Crippen molar-refractivity contribution in [2.75, 3.05) is 32.7 Å². The third-order valence-electron chi connectivity index (χ3n) is 4.07. The maximum Gasteiger partial charge on any atom is 0.340 e. The lowest BCUT2D eigenvalue weighted by Crippen LogP contribution is -2.20. The van der Waals surface area contributed by atoms with E-state index in [4.69, 9.17) is 9.47 Å². The van der Waals surface area contributed by atoms with E-state index in [1.165, 1.54) is 14.2 Å². The molecule has 0 spiro atoms. The molecule has 120 valence electrons. The summed E-state index contributed by atoms with van der Waals surface area (Å²) < 4.78 is 9.78. The monoisotopic (exact) mass is 331 g/mol. The predicted molar refractivity (Wildman–Crippen MR) is 89.4 cm³/mol. The van der Waals surface area contributed by atoms with Gasteiger partial charge in [0.25, 0.3) is 0 Å². The molecule has 1 aromatic heterocycles. The van der Waals surface area contributed by atoms with Gasteiger partial charge >= 0.3 is 11.9 Å². The quantitative estimate of drug-likeness (QED) is 0.809. The number of esters is 2. The Kier molecular flexibility index (Phi) is 4.09. The van der Waals surface area contributed by atoms with E-state index in [1.54, 1.807) is 17.4 Å². The first kappa shape index (κ1) is 15.6. The van der Waals surface area contributed by atoms with Crippen LogP contribution >= 0.6 is 11.3 Å². The number of fused-ring (bicyclic) bond motifs is 1. The highest BCUT2D eigenvalue weighted by molar-refractivity contribution is 7.13. The van der Waals surface area contributed by atoms with Crippen LogP contribution in [0.4, 0.5) is 5.69 Å². The molecule has 2 heterocycles. The number of hydrogen-bond donors (Lipinski definition) is 0. The second kappa shape index (κ2) is 6.04. The lowest BCUT2D eigenvalue weighted by molar-refractivity contribution is 0.0556. The van der Waals surface area contributed by atoms with E-state index >= 15 is 0 Å². The number of rotatable bonds is 3. The van der Waals surface area contributed by atoms with E-state index in [9.17, 15) is 9.59 Å². The molecule has 0 amide bonds. The molecule has 1 aromatic carbocycles. The highest BCUT2D eigenvalue weighted by Gasteiger charge is 2.32. The SMILES string of the molecule is COC(=O)c1cc(-c2cccs2)c2c(c1C(=O)OC)N(C)CC2. The van der Waals surface area contributed by atoms with Gasteiger partial charge in [-0.3, -0.25) is 0 Å². The van der Waals surface area contributed by atoms with Crippen molar-refractivity contribution in [3.63, 3.8) is 0 Å². The summed E-state index contributed by atoms with van der Waals surface area (Å²) in [6.07, 6.45) is 0.824. The molecule has 0 aliphatic carbocycles. The van der Waals surface area contributed by atoms with Gasteiger partial charge in [-0.2, -0.15) is 0 Å². The number of methoxy groups -OCH3 is 2. The van der Waals surface area contributed by atoms with Crippen molar-refractivity contribution in [2.45, 2.75) is 6.42 Å². The van der Waals surface area contributed by atoms with Crippen molar-refractivity contribution in [1.82, 2.24) is 0 Å². The molecule has 0 unspecified atom stereocenters. The molecular formula is C17H17NO4S. The summed E-state index contributed by atoms with van der Waals surface area (Å²) in [6.45, 7) is 0.794. The highest BCUT2D eigenvalue weighted by atomic mass is 32.1. The third-order valence-corrected chi connectivity index (χ3v) is 4.97. The minimum absolute atomic E-state index is 0.246. The fraction of sp³-hybridized carbons (Fsp3) is 0.294. The van der Waals surface area contributed by atoms with Crippen molar-refractivity contribution < 1.29 is 19.1 Å². The molecule has 0 atom stereocenters. The van der Waals surface area contributed by atoms with Crippen LogP contribution in [0.3, 0.4) is 0 Å². The number of hydrogen-bond acceptors (Lipinski definition) is 6. The van der Waals surface area contributed by atoms with Gasteiger partial charge in [0.1, 0.15) is 0 Å². The molecule has 0 radical (unpaired) electrons. The Hall–Kier alpha value is -2.34. The molecule has 6 heteroatoms. The van der Waals surface area contributed by atoms with Gasteiger partial charge in [0.15, 0.2) is 0 Å². The zero-order valence-electron chi connectivity index (χ0n) is 13.2. The zero-order chi connectivity index (χ0) is 16.6. The fourth-order valence-corrected chi connectivity index (χ4v) is 3.78. The van der Waals surface area contributed by atoms with Gasteiger partial charge in [0.05, 0.1) is 31.0 Å². The largest absolute Gasteiger partial charge is 0.465 e. The topological polar surface area (TPSA) is 55.8 Å². The predicted octanol–water partition coefficient (Wildman–Crippen LogP) is 2.98. The van der Waals surface area contributed by atoms with E-state index in [1.807, 2.05) is 29.5 Å². The van der Waals surface area contributed by atoms with Gasteiger partial charge < -0.3 is 14.4 Å². The van der Waals surface area contributed by atoms with Crippen LogP contribution in [0.25, 0.3) is 10.4 Å². The van der Waals surface area contributed by atoms with Crippen molar-refractivity contribution in [3.05, 3.63) is 40.3 Å². The normalized spacial score (nSPS) is 12.9. The Labute approximate surface area is 138 Å². The maximum atomic E-state index is 12.3. The van der Waals surface area contributed by atoms with Crippen LogP contribution in [-0.2, 0) is 15.9 Å². The van der Waals surface area contributed by atoms with Gasteiger partial charge in [0, 0.05) is 18.5 Å². The van der Waals surface area contributed by atoms with E-state index in [0.29, 0.717) is 0 Å². The minimum atomic E-state index is -0.536. The van der Waals surface area contributed by atoms with E-state index in [0.717, 1.165) is 34.7 Å². The van der Waals surface area contributed by atoms with Crippen molar-refractivity contribution >= 4 is 29.0 Å². The number of nitrogens with zero attached hydrogens (tertiary/aromatic N) is 1. The molecule has 0 N–H and O–H groups in total. The molecule has 1 aliphatic rings. The molecule has 0 saturated heterocycles. The van der Waals surface area contributed by atoms with Crippen LogP contribution in [0.15, 0.2) is 23.6 Å². The first-order chi connectivity index (χ1) is 11.1. The number of carbonyl (C=O) groups excluding carboxylic acids is 2. The standard InChI is InChI=1S/C17H17NO4S/c1-18-7-6-10-11(13-5-4-8-23-13)9-12(16(19)21-2)14(15(10)18)17(20)22-3/h4-5,8-9H,6-7H2,1-3H3. The molecule has 0 bridgehead atoms. The number of ether oxygens (including phenoxy) is 2. The number of anilines is 1. The number of likely N-dealkylation sites (N-methyl/N-ethyl adjacent to an activating group) is 1. The van der Waals surface area contributed by atoms with Crippen LogP contribution in [0, 0.1) is 0 Å². The smallest absolute Gasteiger partial charge is 0.340 e. The zero-order valence-corrected chi connectivity index (χ0v) is 14.0. The molecule has 0 saturated carbocycles. The summed E-state index contributed by atoms with van der Waals surface area (Å²) in [5, 5.41) is 1.99. The van der Waals surface area contributed by atoms with Gasteiger partial charge in [-0.25, -0.2) is 9.59 Å². The van der Waals surface area contributed by atoms with Crippen LogP contribution in [0.5, 0.6) is 0 Å². The first-order valence-corrected chi connectivity index (χ1v) is 8.08. The minimum Gasteiger partial charge on any atom is -0.465 e. The molecule has 0 fully saturated rings. The van der Waals surface area contributed by atoms with Crippen molar-refractivity contribution in [1.29, 1.82) is 0 Å². The summed E-state index contributed by atoms with van der Waals surface area (Å²) in [4.78, 5) is 27.6. The molecule has 2 aromatic rings. The second-order valence-electron chi connectivity index (χ2n) is 5.31.